The third-order valence-electron chi connectivity index (χ3n) is 4.48. The lowest BCUT2D eigenvalue weighted by atomic mass is 9.90. The molecule has 0 spiro atoms. The van der Waals surface area contributed by atoms with E-state index in [4.69, 9.17) is 0 Å². The number of amides is 2. The summed E-state index contributed by atoms with van der Waals surface area (Å²) < 4.78 is 0. The molecule has 1 aliphatic carbocycles. The largest absolute Gasteiger partial charge is 0.279 e. The maximum atomic E-state index is 12.3. The Bertz CT molecular complexity index is 795. The average Bonchev–Trinajstić information content (AvgIpc) is 2.97. The van der Waals surface area contributed by atoms with Gasteiger partial charge in [0.15, 0.2) is 0 Å². The van der Waals surface area contributed by atoms with Crippen molar-refractivity contribution in [3.63, 3.8) is 0 Å². The molecule has 1 aliphatic rings. The Balaban J connectivity index is 1.65. The fourth-order valence-electron chi connectivity index (χ4n) is 3.04. The topological polar surface area (TPSA) is 58.2 Å². The standard InChI is InChI=1S/C19H22N2O2S/c1-11-5-7-16-14(8-11)10-17(24-16)19(23)21-20-18(22)15-9-12(2)4-6-13(15)3/h4,6,9-11H,5,7-8H2,1-3H3,(H,20,22)(H,21,23)/t11-/m1/s1. The van der Waals surface area contributed by atoms with Gasteiger partial charge in [0, 0.05) is 10.4 Å². The molecule has 24 heavy (non-hydrogen) atoms. The molecule has 126 valence electrons. The second-order valence-electron chi connectivity index (χ2n) is 6.63. The molecule has 2 amide bonds. The van der Waals surface area contributed by atoms with E-state index in [1.165, 1.54) is 28.2 Å². The molecule has 1 atom stereocenters. The predicted molar refractivity (Wildman–Crippen MR) is 96.4 cm³/mol. The molecule has 2 N–H and O–H groups in total. The molecule has 5 heteroatoms. The van der Waals surface area contributed by atoms with Crippen LogP contribution < -0.4 is 10.9 Å². The van der Waals surface area contributed by atoms with Crippen molar-refractivity contribution in [2.24, 2.45) is 5.92 Å². The molecule has 0 unspecified atom stereocenters. The minimum atomic E-state index is -0.292. The highest BCUT2D eigenvalue weighted by Crippen LogP contribution is 2.32. The van der Waals surface area contributed by atoms with Crippen molar-refractivity contribution in [2.45, 2.75) is 40.0 Å². The molecule has 1 aromatic carbocycles. The number of carbonyl (C=O) groups is 2. The third kappa shape index (κ3) is 3.51. The van der Waals surface area contributed by atoms with Gasteiger partial charge in [-0.2, -0.15) is 0 Å². The molecule has 0 fully saturated rings. The number of benzene rings is 1. The molecule has 1 heterocycles. The van der Waals surface area contributed by atoms with Gasteiger partial charge in [-0.05, 0) is 62.3 Å². The number of hydrogen-bond donors (Lipinski definition) is 2. The molecule has 0 aliphatic heterocycles. The number of fused-ring (bicyclic) bond motifs is 1. The van der Waals surface area contributed by atoms with Crippen LogP contribution in [-0.4, -0.2) is 11.8 Å². The van der Waals surface area contributed by atoms with Gasteiger partial charge in [-0.1, -0.05) is 24.6 Å². The summed E-state index contributed by atoms with van der Waals surface area (Å²) in [5.41, 5.74) is 8.81. The summed E-state index contributed by atoms with van der Waals surface area (Å²) in [6.07, 6.45) is 3.26. The maximum absolute atomic E-state index is 12.3. The second-order valence-corrected chi connectivity index (χ2v) is 7.77. The van der Waals surface area contributed by atoms with Crippen LogP contribution in [-0.2, 0) is 12.8 Å². The second kappa shape index (κ2) is 6.77. The number of nitrogens with one attached hydrogen (secondary N) is 2. The van der Waals surface area contributed by atoms with Crippen LogP contribution in [0.15, 0.2) is 24.3 Å². The lowest BCUT2D eigenvalue weighted by Gasteiger charge is -2.16. The fraction of sp³-hybridized carbons (Fsp3) is 0.368. The SMILES string of the molecule is Cc1ccc(C)c(C(=O)NNC(=O)c2cc3c(s2)CC[C@@H](C)C3)c1. The van der Waals surface area contributed by atoms with Crippen LogP contribution in [0.25, 0.3) is 0 Å². The van der Waals surface area contributed by atoms with Crippen molar-refractivity contribution < 1.29 is 9.59 Å². The summed E-state index contributed by atoms with van der Waals surface area (Å²) in [6, 6.07) is 7.65. The van der Waals surface area contributed by atoms with E-state index in [2.05, 4.69) is 17.8 Å². The van der Waals surface area contributed by atoms with Crippen LogP contribution in [0, 0.1) is 19.8 Å². The summed E-state index contributed by atoms with van der Waals surface area (Å²) in [5, 5.41) is 0. The summed E-state index contributed by atoms with van der Waals surface area (Å²) >= 11 is 1.54. The molecule has 0 saturated heterocycles. The van der Waals surface area contributed by atoms with Gasteiger partial charge in [0.2, 0.25) is 0 Å². The normalized spacial score (nSPS) is 16.4. The Kier molecular flexibility index (Phi) is 4.71. The molecule has 2 aromatic rings. The van der Waals surface area contributed by atoms with E-state index in [9.17, 15) is 9.59 Å². The van der Waals surface area contributed by atoms with Crippen molar-refractivity contribution >= 4 is 23.2 Å². The third-order valence-corrected chi connectivity index (χ3v) is 5.72. The minimum absolute atomic E-state index is 0.249. The molecule has 3 rings (SSSR count). The van der Waals surface area contributed by atoms with E-state index in [1.807, 2.05) is 38.1 Å². The Hall–Kier alpha value is -2.14. The molecular formula is C19H22N2O2S. The van der Waals surface area contributed by atoms with Crippen LogP contribution >= 0.6 is 11.3 Å². The zero-order valence-electron chi connectivity index (χ0n) is 14.2. The van der Waals surface area contributed by atoms with E-state index in [0.717, 1.165) is 24.0 Å². The molecule has 0 bridgehead atoms. The number of hydrogen-bond acceptors (Lipinski definition) is 3. The van der Waals surface area contributed by atoms with E-state index in [-0.39, 0.29) is 11.8 Å². The van der Waals surface area contributed by atoms with Gasteiger partial charge in [0.1, 0.15) is 0 Å². The van der Waals surface area contributed by atoms with Crippen molar-refractivity contribution in [2.75, 3.05) is 0 Å². The van der Waals surface area contributed by atoms with Gasteiger partial charge in [-0.15, -0.1) is 11.3 Å². The van der Waals surface area contributed by atoms with E-state index in [0.29, 0.717) is 16.4 Å². The number of thiophene rings is 1. The van der Waals surface area contributed by atoms with Crippen molar-refractivity contribution in [1.82, 2.24) is 10.9 Å². The Morgan fingerprint density at radius 3 is 2.67 bits per heavy atom. The lowest BCUT2D eigenvalue weighted by Crippen LogP contribution is -2.41. The maximum Gasteiger partial charge on any atom is 0.279 e. The fourth-order valence-corrected chi connectivity index (χ4v) is 4.14. The Labute approximate surface area is 146 Å². The van der Waals surface area contributed by atoms with Crippen LogP contribution in [0.1, 0.15) is 54.9 Å². The van der Waals surface area contributed by atoms with Gasteiger partial charge in [-0.25, -0.2) is 0 Å². The molecule has 0 saturated carbocycles. The van der Waals surface area contributed by atoms with Crippen molar-refractivity contribution in [3.8, 4) is 0 Å². The van der Waals surface area contributed by atoms with E-state index < -0.39 is 0 Å². The summed E-state index contributed by atoms with van der Waals surface area (Å²) in [4.78, 5) is 26.6. The Morgan fingerprint density at radius 2 is 1.88 bits per heavy atom. The first-order valence-corrected chi connectivity index (χ1v) is 9.05. The average molecular weight is 342 g/mol. The Morgan fingerprint density at radius 1 is 1.12 bits per heavy atom. The van der Waals surface area contributed by atoms with Crippen LogP contribution in [0.5, 0.6) is 0 Å². The minimum Gasteiger partial charge on any atom is -0.267 e. The summed E-state index contributed by atoms with van der Waals surface area (Å²) in [7, 11) is 0. The van der Waals surface area contributed by atoms with Crippen LogP contribution in [0.2, 0.25) is 0 Å². The summed E-state index contributed by atoms with van der Waals surface area (Å²) in [5.74, 6) is 0.132. The predicted octanol–water partition coefficient (Wildman–Crippen LogP) is 3.56. The molecule has 1 aromatic heterocycles. The monoisotopic (exact) mass is 342 g/mol. The zero-order valence-corrected chi connectivity index (χ0v) is 15.0. The van der Waals surface area contributed by atoms with Gasteiger partial charge >= 0.3 is 0 Å². The van der Waals surface area contributed by atoms with Gasteiger partial charge in [0.05, 0.1) is 4.88 Å². The van der Waals surface area contributed by atoms with Gasteiger partial charge in [-0.3, -0.25) is 20.4 Å². The number of rotatable bonds is 2. The lowest BCUT2D eigenvalue weighted by molar-refractivity contribution is 0.0848. The number of hydrazine groups is 1. The molecule has 0 radical (unpaired) electrons. The first kappa shape index (κ1) is 16.7. The number of carbonyl (C=O) groups excluding carboxylic acids is 2. The first-order chi connectivity index (χ1) is 11.4. The smallest absolute Gasteiger partial charge is 0.267 e. The highest BCUT2D eigenvalue weighted by molar-refractivity contribution is 7.14. The van der Waals surface area contributed by atoms with Crippen LogP contribution in [0.3, 0.4) is 0 Å². The van der Waals surface area contributed by atoms with E-state index in [1.54, 1.807) is 0 Å². The molecular weight excluding hydrogens is 320 g/mol. The highest BCUT2D eigenvalue weighted by Gasteiger charge is 2.21. The van der Waals surface area contributed by atoms with Gasteiger partial charge in [0.25, 0.3) is 11.8 Å². The first-order valence-electron chi connectivity index (χ1n) is 8.23. The van der Waals surface area contributed by atoms with Gasteiger partial charge < -0.3 is 0 Å². The zero-order chi connectivity index (χ0) is 17.3. The molecule has 4 nitrogen and oxygen atoms in total. The number of aryl methyl sites for hydroxylation is 3. The summed E-state index contributed by atoms with van der Waals surface area (Å²) in [6.45, 7) is 6.06. The quantitative estimate of drug-likeness (QED) is 0.820. The highest BCUT2D eigenvalue weighted by atomic mass is 32.1. The van der Waals surface area contributed by atoms with Crippen molar-refractivity contribution in [1.29, 1.82) is 0 Å². The van der Waals surface area contributed by atoms with E-state index >= 15 is 0 Å². The van der Waals surface area contributed by atoms with Crippen LogP contribution in [0.4, 0.5) is 0 Å². The van der Waals surface area contributed by atoms with Crippen molar-refractivity contribution in [3.05, 3.63) is 56.3 Å².